The van der Waals surface area contributed by atoms with Crippen LogP contribution in [0.1, 0.15) is 50.8 Å². The fourth-order valence-electron chi connectivity index (χ4n) is 4.02. The van der Waals surface area contributed by atoms with E-state index in [1.54, 1.807) is 31.4 Å². The van der Waals surface area contributed by atoms with E-state index in [2.05, 4.69) is 5.32 Å². The van der Waals surface area contributed by atoms with Gasteiger partial charge in [0.15, 0.2) is 0 Å². The van der Waals surface area contributed by atoms with Crippen LogP contribution < -0.4 is 19.3 Å². The number of ether oxygens (including phenoxy) is 1. The van der Waals surface area contributed by atoms with Gasteiger partial charge in [-0.1, -0.05) is 45.1 Å². The molecule has 4 amide bonds. The quantitative estimate of drug-likeness (QED) is 0.586. The van der Waals surface area contributed by atoms with E-state index in [-0.39, 0.29) is 30.0 Å². The summed E-state index contributed by atoms with van der Waals surface area (Å²) in [4.78, 5) is 37.5. The minimum Gasteiger partial charge on any atom is -0.496 e. The molecule has 9 nitrogen and oxygen atoms in total. The van der Waals surface area contributed by atoms with Crippen molar-refractivity contribution in [2.45, 2.75) is 39.5 Å². The van der Waals surface area contributed by atoms with Gasteiger partial charge in [-0.2, -0.15) is 0 Å². The van der Waals surface area contributed by atoms with Crippen molar-refractivity contribution in [3.05, 3.63) is 53.1 Å². The Balaban J connectivity index is 2.03. The fourth-order valence-corrected chi connectivity index (χ4v) is 5.00. The van der Waals surface area contributed by atoms with Crippen LogP contribution in [-0.2, 0) is 25.0 Å². The molecular weight excluding hydrogens is 482 g/mol. The molecule has 1 heterocycles. The molecule has 2 aromatic rings. The molecule has 0 radical (unpaired) electrons. The molecule has 192 valence electrons. The van der Waals surface area contributed by atoms with Gasteiger partial charge in [-0.3, -0.25) is 19.8 Å². The van der Waals surface area contributed by atoms with Gasteiger partial charge in [0.25, 0.3) is 0 Å². The van der Waals surface area contributed by atoms with E-state index < -0.39 is 22.0 Å². The van der Waals surface area contributed by atoms with E-state index in [0.29, 0.717) is 11.4 Å². The summed E-state index contributed by atoms with van der Waals surface area (Å²) >= 11 is 0. The number of carbonyl (C=O) groups excluding carboxylic acids is 3. The summed E-state index contributed by atoms with van der Waals surface area (Å²) in [6.07, 6.45) is 4.87. The molecule has 1 fully saturated rings. The first-order valence-electron chi connectivity index (χ1n) is 11.3. The Labute approximate surface area is 211 Å². The highest BCUT2D eigenvalue weighted by atomic mass is 32.2. The summed E-state index contributed by atoms with van der Waals surface area (Å²) in [6, 6.07) is 9.80. The zero-order chi connectivity index (χ0) is 26.8. The number of methoxy groups -OCH3 is 1. The molecule has 0 bridgehead atoms. The lowest BCUT2D eigenvalue weighted by molar-refractivity contribution is -0.120. The molecule has 1 N–H and O–H groups in total. The van der Waals surface area contributed by atoms with Crippen LogP contribution in [0, 0.1) is 0 Å². The Hall–Kier alpha value is -3.66. The first kappa shape index (κ1) is 26.9. The Bertz CT molecular complexity index is 1320. The van der Waals surface area contributed by atoms with Crippen molar-refractivity contribution >= 4 is 51.4 Å². The highest BCUT2D eigenvalue weighted by Gasteiger charge is 2.28. The van der Waals surface area contributed by atoms with Crippen LogP contribution in [0.3, 0.4) is 0 Å². The highest BCUT2D eigenvalue weighted by Crippen LogP contribution is 2.39. The maximum Gasteiger partial charge on any atom is 0.328 e. The van der Waals surface area contributed by atoms with Crippen molar-refractivity contribution in [2.75, 3.05) is 29.1 Å². The molecule has 10 heteroatoms. The lowest BCUT2D eigenvalue weighted by Crippen LogP contribution is -2.49. The number of benzene rings is 2. The normalized spacial score (nSPS) is 14.7. The molecule has 3 rings (SSSR count). The van der Waals surface area contributed by atoms with Gasteiger partial charge in [0, 0.05) is 36.7 Å². The molecular formula is C26H31N3O6S. The molecule has 2 aromatic carbocycles. The number of carbonyl (C=O) groups is 3. The molecule has 0 aromatic heterocycles. The Morgan fingerprint density at radius 1 is 1.11 bits per heavy atom. The number of hydrogen-bond acceptors (Lipinski definition) is 6. The number of urea groups is 1. The van der Waals surface area contributed by atoms with Crippen molar-refractivity contribution in [2.24, 2.45) is 0 Å². The van der Waals surface area contributed by atoms with Crippen molar-refractivity contribution in [3.63, 3.8) is 0 Å². The summed E-state index contributed by atoms with van der Waals surface area (Å²) in [7, 11) is -2.16. The largest absolute Gasteiger partial charge is 0.496 e. The minimum absolute atomic E-state index is 0.213. The second-order valence-corrected chi connectivity index (χ2v) is 11.4. The summed E-state index contributed by atoms with van der Waals surface area (Å²) in [5.41, 5.74) is 2.99. The van der Waals surface area contributed by atoms with Gasteiger partial charge >= 0.3 is 6.03 Å². The third-order valence-corrected chi connectivity index (χ3v) is 6.81. The summed E-state index contributed by atoms with van der Waals surface area (Å²) in [5.74, 6) is -0.239. The van der Waals surface area contributed by atoms with Crippen LogP contribution in [0.4, 0.5) is 16.2 Å². The monoisotopic (exact) mass is 513 g/mol. The van der Waals surface area contributed by atoms with Crippen molar-refractivity contribution < 1.29 is 27.5 Å². The standard InChI is InChI=1S/C26H31N3O6S/c1-17(30)29(36(6,33)34)20-11-8-18(9-12-20)7-10-19-15-21(28-14-13-23(31)27-25(28)32)16-22(24(19)35-5)26(2,3)4/h7-12,15-16H,13-14H2,1-6H3,(H,27,31,32). The average Bonchev–Trinajstić information content (AvgIpc) is 2.76. The molecule has 0 spiro atoms. The van der Waals surface area contributed by atoms with E-state index in [9.17, 15) is 22.8 Å². The van der Waals surface area contributed by atoms with Crippen LogP contribution in [0.5, 0.6) is 5.75 Å². The average molecular weight is 514 g/mol. The number of rotatable bonds is 6. The highest BCUT2D eigenvalue weighted by molar-refractivity contribution is 7.92. The molecule has 1 aliphatic rings. The molecule has 36 heavy (non-hydrogen) atoms. The second kappa shape index (κ2) is 10.1. The SMILES string of the molecule is COc1c(C=Cc2ccc(N(C(C)=O)S(C)(=O)=O)cc2)cc(N2CCC(=O)NC2=O)cc1C(C)(C)C. The summed E-state index contributed by atoms with van der Waals surface area (Å²) in [6.45, 7) is 7.60. The predicted molar refractivity (Wildman–Crippen MR) is 141 cm³/mol. The number of imide groups is 1. The third kappa shape index (κ3) is 5.93. The lowest BCUT2D eigenvalue weighted by atomic mass is 9.84. The number of amides is 4. The molecule has 0 aliphatic carbocycles. The van der Waals surface area contributed by atoms with Gasteiger partial charge in [0.2, 0.25) is 21.8 Å². The number of hydrogen-bond donors (Lipinski definition) is 1. The Morgan fingerprint density at radius 2 is 1.75 bits per heavy atom. The molecule has 1 aliphatic heterocycles. The first-order chi connectivity index (χ1) is 16.7. The second-order valence-electron chi connectivity index (χ2n) is 9.59. The predicted octanol–water partition coefficient (Wildman–Crippen LogP) is 3.92. The lowest BCUT2D eigenvalue weighted by Gasteiger charge is -2.30. The molecule has 0 saturated carbocycles. The number of sulfonamides is 1. The molecule has 0 unspecified atom stereocenters. The summed E-state index contributed by atoms with van der Waals surface area (Å²) in [5, 5.41) is 2.35. The Morgan fingerprint density at radius 3 is 2.25 bits per heavy atom. The van der Waals surface area contributed by atoms with Crippen LogP contribution in [0.15, 0.2) is 36.4 Å². The van der Waals surface area contributed by atoms with Gasteiger partial charge in [-0.15, -0.1) is 0 Å². The van der Waals surface area contributed by atoms with Crippen molar-refractivity contribution in [1.29, 1.82) is 0 Å². The van der Waals surface area contributed by atoms with Gasteiger partial charge in [0.1, 0.15) is 5.75 Å². The van der Waals surface area contributed by atoms with Crippen molar-refractivity contribution in [3.8, 4) is 5.75 Å². The maximum absolute atomic E-state index is 12.5. The topological polar surface area (TPSA) is 113 Å². The molecule has 0 atom stereocenters. The fraction of sp³-hybridized carbons (Fsp3) is 0.346. The van der Waals surface area contributed by atoms with Crippen LogP contribution in [-0.4, -0.2) is 46.2 Å². The summed E-state index contributed by atoms with van der Waals surface area (Å²) < 4.78 is 30.5. The third-order valence-electron chi connectivity index (χ3n) is 5.68. The molecule has 1 saturated heterocycles. The van der Waals surface area contributed by atoms with Gasteiger partial charge < -0.3 is 4.74 Å². The van der Waals surface area contributed by atoms with Gasteiger partial charge in [-0.25, -0.2) is 17.5 Å². The zero-order valence-electron chi connectivity index (χ0n) is 21.3. The van der Waals surface area contributed by atoms with Crippen LogP contribution in [0.2, 0.25) is 0 Å². The van der Waals surface area contributed by atoms with E-state index in [0.717, 1.165) is 27.3 Å². The van der Waals surface area contributed by atoms with E-state index in [1.807, 2.05) is 45.1 Å². The van der Waals surface area contributed by atoms with Gasteiger partial charge in [0.05, 0.1) is 19.1 Å². The number of nitrogens with one attached hydrogen (secondary N) is 1. The minimum atomic E-state index is -3.75. The van der Waals surface area contributed by atoms with Crippen LogP contribution >= 0.6 is 0 Å². The number of nitrogens with zero attached hydrogens (tertiary/aromatic N) is 2. The zero-order valence-corrected chi connectivity index (χ0v) is 22.1. The van der Waals surface area contributed by atoms with Crippen molar-refractivity contribution in [1.82, 2.24) is 5.32 Å². The van der Waals surface area contributed by atoms with Crippen LogP contribution in [0.25, 0.3) is 12.2 Å². The Kier molecular flexibility index (Phi) is 7.59. The van der Waals surface area contributed by atoms with E-state index in [4.69, 9.17) is 4.74 Å². The smallest absolute Gasteiger partial charge is 0.328 e. The van der Waals surface area contributed by atoms with E-state index in [1.165, 1.54) is 11.8 Å². The van der Waals surface area contributed by atoms with Gasteiger partial charge in [-0.05, 0) is 35.2 Å². The number of anilines is 2. The maximum atomic E-state index is 12.5. The first-order valence-corrected chi connectivity index (χ1v) is 13.2. The van der Waals surface area contributed by atoms with E-state index >= 15 is 0 Å².